The quantitative estimate of drug-likeness (QED) is 0.469. The van der Waals surface area contributed by atoms with Gasteiger partial charge in [-0.25, -0.2) is 0 Å². The lowest BCUT2D eigenvalue weighted by Crippen LogP contribution is -2.30. The Bertz CT molecular complexity index is 422. The monoisotopic (exact) mass is 257 g/mol. The van der Waals surface area contributed by atoms with E-state index in [0.717, 1.165) is 0 Å². The summed E-state index contributed by atoms with van der Waals surface area (Å²) >= 11 is 0. The third-order valence-corrected chi connectivity index (χ3v) is 2.31. The van der Waals surface area contributed by atoms with E-state index in [1.165, 1.54) is 32.4 Å². The van der Waals surface area contributed by atoms with E-state index in [-0.39, 0.29) is 11.4 Å². The smallest absolute Gasteiger partial charge is 0.273 e. The third kappa shape index (κ3) is 3.31. The fourth-order valence-electron chi connectivity index (χ4n) is 1.32. The van der Waals surface area contributed by atoms with Crippen LogP contribution in [0.3, 0.4) is 0 Å². The van der Waals surface area contributed by atoms with Crippen molar-refractivity contribution in [3.05, 3.63) is 28.3 Å². The van der Waals surface area contributed by atoms with Crippen LogP contribution in [0.5, 0.6) is 11.5 Å². The fraction of sp³-hybridized carbons (Fsp3) is 0.455. The van der Waals surface area contributed by atoms with Crippen LogP contribution in [-0.4, -0.2) is 36.6 Å². The average Bonchev–Trinajstić information content (AvgIpc) is 2.37. The molecule has 0 aliphatic heterocycles. The van der Waals surface area contributed by atoms with E-state index >= 15 is 0 Å². The number of ether oxygens (including phenoxy) is 3. The lowest BCUT2D eigenvalue weighted by atomic mass is 10.2. The fourth-order valence-corrected chi connectivity index (χ4v) is 1.32. The summed E-state index contributed by atoms with van der Waals surface area (Å²) in [4.78, 5) is 10.1. The molecule has 7 nitrogen and oxygen atoms in total. The van der Waals surface area contributed by atoms with Gasteiger partial charge in [0.1, 0.15) is 6.10 Å². The number of non-ortho nitro benzene ring substituents is 1. The Morgan fingerprint density at radius 2 is 2.00 bits per heavy atom. The van der Waals surface area contributed by atoms with E-state index in [1.54, 1.807) is 6.92 Å². The molecule has 0 aliphatic rings. The minimum absolute atomic E-state index is 0.0980. The van der Waals surface area contributed by atoms with Crippen LogP contribution < -0.4 is 9.47 Å². The molecule has 0 fully saturated rings. The zero-order valence-corrected chi connectivity index (χ0v) is 10.3. The van der Waals surface area contributed by atoms with Crippen LogP contribution in [0.1, 0.15) is 6.92 Å². The van der Waals surface area contributed by atoms with Crippen LogP contribution in [0.15, 0.2) is 18.2 Å². The van der Waals surface area contributed by atoms with Gasteiger partial charge < -0.3 is 19.3 Å². The van der Waals surface area contributed by atoms with Gasteiger partial charge >= 0.3 is 0 Å². The van der Waals surface area contributed by atoms with Crippen LogP contribution in [0.4, 0.5) is 5.69 Å². The summed E-state index contributed by atoms with van der Waals surface area (Å²) in [5, 5.41) is 20.0. The number of nitro benzene ring substituents is 1. The van der Waals surface area contributed by atoms with Crippen molar-refractivity contribution in [2.24, 2.45) is 0 Å². The van der Waals surface area contributed by atoms with Crippen molar-refractivity contribution in [2.45, 2.75) is 19.3 Å². The van der Waals surface area contributed by atoms with E-state index in [0.29, 0.717) is 5.75 Å². The number of rotatable bonds is 6. The zero-order chi connectivity index (χ0) is 13.7. The van der Waals surface area contributed by atoms with Gasteiger partial charge in [-0.3, -0.25) is 10.1 Å². The maximum Gasteiger partial charge on any atom is 0.273 e. The standard InChI is InChI=1S/C11H15NO6/c1-7(11(13)17-3)18-9-5-4-8(12(14)15)6-10(9)16-2/h4-7,11,13H,1-3H3. The first-order valence-electron chi connectivity index (χ1n) is 5.19. The lowest BCUT2D eigenvalue weighted by Gasteiger charge is -2.20. The minimum Gasteiger partial charge on any atom is -0.493 e. The molecule has 100 valence electrons. The van der Waals surface area contributed by atoms with Gasteiger partial charge in [0.25, 0.3) is 5.69 Å². The number of nitro groups is 1. The first kappa shape index (κ1) is 14.2. The van der Waals surface area contributed by atoms with Crippen LogP contribution in [-0.2, 0) is 4.74 Å². The molecule has 1 aromatic rings. The maximum atomic E-state index is 10.6. The van der Waals surface area contributed by atoms with Crippen molar-refractivity contribution >= 4 is 5.69 Å². The summed E-state index contributed by atoms with van der Waals surface area (Å²) in [6.07, 6.45) is -1.73. The second-order valence-corrected chi connectivity index (χ2v) is 3.54. The van der Waals surface area contributed by atoms with Crippen LogP contribution in [0.2, 0.25) is 0 Å². The molecular formula is C11H15NO6. The molecule has 0 saturated carbocycles. The lowest BCUT2D eigenvalue weighted by molar-refractivity contribution is -0.385. The van der Waals surface area contributed by atoms with E-state index < -0.39 is 17.3 Å². The molecule has 0 heterocycles. The minimum atomic E-state index is -1.09. The first-order valence-corrected chi connectivity index (χ1v) is 5.19. The molecule has 1 aromatic carbocycles. The van der Waals surface area contributed by atoms with Crippen LogP contribution in [0.25, 0.3) is 0 Å². The highest BCUT2D eigenvalue weighted by Crippen LogP contribution is 2.32. The topological polar surface area (TPSA) is 91.1 Å². The number of nitrogens with zero attached hydrogens (tertiary/aromatic N) is 1. The molecule has 2 unspecified atom stereocenters. The molecule has 0 bridgehead atoms. The zero-order valence-electron chi connectivity index (χ0n) is 10.3. The molecule has 18 heavy (non-hydrogen) atoms. The number of methoxy groups -OCH3 is 2. The van der Waals surface area contributed by atoms with Crippen molar-refractivity contribution in [1.82, 2.24) is 0 Å². The molecule has 1 N–H and O–H groups in total. The summed E-state index contributed by atoms with van der Waals surface area (Å²) in [6.45, 7) is 1.61. The van der Waals surface area contributed by atoms with Gasteiger partial charge in [0, 0.05) is 13.2 Å². The molecular weight excluding hydrogens is 242 g/mol. The predicted molar refractivity (Wildman–Crippen MR) is 62.8 cm³/mol. The summed E-state index contributed by atoms with van der Waals surface area (Å²) in [7, 11) is 2.72. The Morgan fingerprint density at radius 1 is 1.33 bits per heavy atom. The number of hydrogen-bond acceptors (Lipinski definition) is 6. The van der Waals surface area contributed by atoms with Gasteiger partial charge in [-0.05, 0) is 13.0 Å². The summed E-state index contributed by atoms with van der Waals surface area (Å²) in [5.74, 6) is 0.519. The molecule has 1 rings (SSSR count). The Balaban J connectivity index is 2.92. The SMILES string of the molecule is COc1cc([N+](=O)[O-])ccc1OC(C)C(O)OC. The molecule has 0 spiro atoms. The molecule has 0 aliphatic carbocycles. The van der Waals surface area contributed by atoms with Gasteiger partial charge in [-0.1, -0.05) is 0 Å². The van der Waals surface area contributed by atoms with Crippen molar-refractivity contribution in [1.29, 1.82) is 0 Å². The number of aliphatic hydroxyl groups excluding tert-OH is 1. The maximum absolute atomic E-state index is 10.6. The summed E-state index contributed by atoms with van der Waals surface area (Å²) < 4.78 is 15.1. The van der Waals surface area contributed by atoms with Gasteiger partial charge in [0.2, 0.25) is 0 Å². The third-order valence-electron chi connectivity index (χ3n) is 2.31. The van der Waals surface area contributed by atoms with Crippen molar-refractivity contribution in [3.63, 3.8) is 0 Å². The Labute approximate surface area is 104 Å². The second kappa shape index (κ2) is 6.18. The molecule has 0 aromatic heterocycles. The second-order valence-electron chi connectivity index (χ2n) is 3.54. The molecule has 0 radical (unpaired) electrons. The van der Waals surface area contributed by atoms with E-state index in [1.807, 2.05) is 0 Å². The van der Waals surface area contributed by atoms with Gasteiger partial charge in [0.15, 0.2) is 17.8 Å². The first-order chi connectivity index (χ1) is 8.49. The number of hydrogen-bond donors (Lipinski definition) is 1. The Kier molecular flexibility index (Phi) is 4.87. The normalized spacial score (nSPS) is 13.8. The molecule has 7 heteroatoms. The Hall–Kier alpha value is -1.86. The van der Waals surface area contributed by atoms with Gasteiger partial charge in [0.05, 0.1) is 18.1 Å². The molecule has 0 saturated heterocycles. The van der Waals surface area contributed by atoms with Crippen molar-refractivity contribution in [2.75, 3.05) is 14.2 Å². The van der Waals surface area contributed by atoms with E-state index in [4.69, 9.17) is 14.2 Å². The largest absolute Gasteiger partial charge is 0.493 e. The highest BCUT2D eigenvalue weighted by atomic mass is 16.6. The number of aliphatic hydroxyl groups is 1. The molecule has 2 atom stereocenters. The van der Waals surface area contributed by atoms with Crippen LogP contribution in [0, 0.1) is 10.1 Å². The summed E-state index contributed by atoms with van der Waals surface area (Å²) in [6, 6.07) is 3.96. The number of benzene rings is 1. The van der Waals surface area contributed by atoms with E-state index in [9.17, 15) is 15.2 Å². The highest BCUT2D eigenvalue weighted by Gasteiger charge is 2.18. The van der Waals surface area contributed by atoms with Crippen molar-refractivity contribution in [3.8, 4) is 11.5 Å². The average molecular weight is 257 g/mol. The van der Waals surface area contributed by atoms with Gasteiger partial charge in [-0.15, -0.1) is 0 Å². The summed E-state index contributed by atoms with van der Waals surface area (Å²) in [5.41, 5.74) is -0.0980. The molecule has 0 amide bonds. The highest BCUT2D eigenvalue weighted by molar-refractivity contribution is 5.48. The van der Waals surface area contributed by atoms with Crippen LogP contribution >= 0.6 is 0 Å². The predicted octanol–water partition coefficient (Wildman–Crippen LogP) is 1.34. The van der Waals surface area contributed by atoms with Crippen molar-refractivity contribution < 1.29 is 24.2 Å². The Morgan fingerprint density at radius 3 is 2.50 bits per heavy atom. The van der Waals surface area contributed by atoms with Gasteiger partial charge in [-0.2, -0.15) is 0 Å². The van der Waals surface area contributed by atoms with E-state index in [2.05, 4.69) is 0 Å².